The van der Waals surface area contributed by atoms with E-state index in [4.69, 9.17) is 59.2 Å². The zero-order valence-corrected chi connectivity index (χ0v) is 40.9. The number of halogens is 2. The van der Waals surface area contributed by atoms with Gasteiger partial charge in [-0.15, -0.1) is 22.2 Å². The summed E-state index contributed by atoms with van der Waals surface area (Å²) < 4.78 is 58.6. The highest BCUT2D eigenvalue weighted by molar-refractivity contribution is 7.43. The summed E-state index contributed by atoms with van der Waals surface area (Å²) in [6.07, 6.45) is 0. The molecule has 0 fully saturated rings. The van der Waals surface area contributed by atoms with Crippen LogP contribution in [-0.4, -0.2) is 83.7 Å². The molecule has 248 valence electrons. The summed E-state index contributed by atoms with van der Waals surface area (Å²) in [5.41, 5.74) is 0. The Balaban J connectivity index is 5.43. The molecule has 0 N–H and O–H groups in total. The zero-order chi connectivity index (χ0) is 33.4. The molecule has 21 heteroatoms. The van der Waals surface area contributed by atoms with Gasteiger partial charge in [0.15, 0.2) is 8.32 Å². The third-order valence-corrected chi connectivity index (χ3v) is 41.2. The van der Waals surface area contributed by atoms with Gasteiger partial charge in [0.1, 0.15) is 0 Å². The normalized spacial score (nSPS) is 16.0. The molecule has 0 aromatic heterocycles. The van der Waals surface area contributed by atoms with Gasteiger partial charge in [-0.25, -0.2) is 0 Å². The summed E-state index contributed by atoms with van der Waals surface area (Å²) in [7, 11) is -22.5. The van der Waals surface area contributed by atoms with Gasteiger partial charge >= 0.3 is 75.4 Å². The Bertz CT molecular complexity index is 793. The van der Waals surface area contributed by atoms with E-state index in [0.29, 0.717) is 0 Å². The van der Waals surface area contributed by atoms with Crippen molar-refractivity contribution >= 4 is 106 Å². The molecule has 0 saturated carbocycles. The molecule has 9 nitrogen and oxygen atoms in total. The first-order valence-corrected chi connectivity index (χ1v) is 44.4. The molecule has 0 amide bonds. The fourth-order valence-electron chi connectivity index (χ4n) is 5.48. The zero-order valence-electron chi connectivity index (χ0n) is 29.4. The van der Waals surface area contributed by atoms with E-state index >= 15 is 0 Å². The maximum absolute atomic E-state index is 6.70. The SMILES string of the molecule is C[Si](C)(C)O[Si](C)(C)O[Si](C)(C)O[Si](C)(C)O[Si](C)(C)O[Si](C)(C)O[Si](C)(C)O[Si](C)(C)O[Si](C)(C)O[Si](C)(Cl)Cl. The highest BCUT2D eigenvalue weighted by Crippen LogP contribution is 2.31. The maximum Gasteiger partial charge on any atom is 0.377 e. The second-order valence-electron chi connectivity index (χ2n) is 15.0. The molecular formula is C20H60Cl2O9Si10. The summed E-state index contributed by atoms with van der Waals surface area (Å²) >= 11 is 12.4. The molecule has 0 aromatic carbocycles. The van der Waals surface area contributed by atoms with Crippen LogP contribution in [0.1, 0.15) is 0 Å². The fraction of sp³-hybridized carbons (Fsp3) is 1.00. The van der Waals surface area contributed by atoms with Crippen molar-refractivity contribution < 1.29 is 37.0 Å². The number of hydrogen-bond acceptors (Lipinski definition) is 9. The fourth-order valence-corrected chi connectivity index (χ4v) is 55.7. The quantitative estimate of drug-likeness (QED) is 0.100. The molecule has 0 bridgehead atoms. The largest absolute Gasteiger partial charge is 0.437 e. The Morgan fingerprint density at radius 2 is 0.390 bits per heavy atom. The van der Waals surface area contributed by atoms with Crippen LogP contribution in [-0.2, 0) is 37.0 Å². The first-order chi connectivity index (χ1) is 17.4. The summed E-state index contributed by atoms with van der Waals surface area (Å²) in [6.45, 7) is 38.1. The third-order valence-electron chi connectivity index (χ3n) is 4.42. The van der Waals surface area contributed by atoms with Crippen LogP contribution in [0.4, 0.5) is 0 Å². The van der Waals surface area contributed by atoms with Crippen molar-refractivity contribution in [3.63, 3.8) is 0 Å². The molecule has 0 heterocycles. The van der Waals surface area contributed by atoms with Gasteiger partial charge in [0.05, 0.1) is 0 Å². The standard InChI is InChI=1S/C20H60Cl2O9Si10/c1-32(2,3)23-33(4,5)24-34(6,7)25-35(8,9)26-36(10,11)27-37(12,13)28-38(14,15)29-39(16,17)30-40(18,19)31-41(20,21)22/h1-20H3. The Hall–Kier alpha value is 2.39. The van der Waals surface area contributed by atoms with Crippen LogP contribution in [0.25, 0.3) is 0 Å². The lowest BCUT2D eigenvalue weighted by Gasteiger charge is -2.44. The molecule has 0 radical (unpaired) electrons. The Morgan fingerprint density at radius 3 is 0.537 bits per heavy atom. The van der Waals surface area contributed by atoms with Gasteiger partial charge in [-0.3, -0.25) is 0 Å². The van der Waals surface area contributed by atoms with Gasteiger partial charge in [0.2, 0.25) is 0 Å². The molecule has 0 rings (SSSR count). The van der Waals surface area contributed by atoms with Crippen LogP contribution in [0.2, 0.25) is 131 Å². The Morgan fingerprint density at radius 1 is 0.244 bits per heavy atom. The molecule has 0 saturated heterocycles. The van der Waals surface area contributed by atoms with Crippen molar-refractivity contribution in [2.45, 2.75) is 131 Å². The minimum Gasteiger partial charge on any atom is -0.437 e. The van der Waals surface area contributed by atoms with Crippen LogP contribution in [0.3, 0.4) is 0 Å². The topological polar surface area (TPSA) is 83.1 Å². The molecule has 0 aliphatic carbocycles. The summed E-state index contributed by atoms with van der Waals surface area (Å²) in [5, 5.41) is 0. The molecule has 0 aliphatic heterocycles. The van der Waals surface area contributed by atoms with E-state index in [1.807, 2.05) is 65.5 Å². The lowest BCUT2D eigenvalue weighted by molar-refractivity contribution is 0.258. The van der Waals surface area contributed by atoms with E-state index in [1.165, 1.54) is 0 Å². The smallest absolute Gasteiger partial charge is 0.377 e. The molecule has 0 aliphatic rings. The highest BCUT2D eigenvalue weighted by Gasteiger charge is 2.50. The molecule has 0 aromatic rings. The average molecular weight is 796 g/mol. The van der Waals surface area contributed by atoms with Gasteiger partial charge in [0.25, 0.3) is 0 Å². The van der Waals surface area contributed by atoms with Crippen molar-refractivity contribution in [1.82, 2.24) is 0 Å². The van der Waals surface area contributed by atoms with Crippen molar-refractivity contribution in [2.24, 2.45) is 0 Å². The van der Waals surface area contributed by atoms with E-state index in [-0.39, 0.29) is 0 Å². The second-order valence-corrected chi connectivity index (χ2v) is 55.5. The molecule has 0 spiro atoms. The van der Waals surface area contributed by atoms with Crippen LogP contribution in [0, 0.1) is 0 Å². The van der Waals surface area contributed by atoms with Crippen LogP contribution < -0.4 is 0 Å². The second kappa shape index (κ2) is 14.2. The van der Waals surface area contributed by atoms with E-state index < -0.39 is 83.7 Å². The molecule has 41 heavy (non-hydrogen) atoms. The van der Waals surface area contributed by atoms with Gasteiger partial charge in [-0.2, -0.15) is 0 Å². The van der Waals surface area contributed by atoms with E-state index in [1.54, 1.807) is 6.55 Å². The molecule has 0 atom stereocenters. The van der Waals surface area contributed by atoms with Crippen LogP contribution in [0.5, 0.6) is 0 Å². The van der Waals surface area contributed by atoms with Crippen molar-refractivity contribution in [2.75, 3.05) is 0 Å². The van der Waals surface area contributed by atoms with Gasteiger partial charge < -0.3 is 37.0 Å². The first kappa shape index (κ1) is 43.4. The van der Waals surface area contributed by atoms with Gasteiger partial charge in [-0.1, -0.05) is 0 Å². The van der Waals surface area contributed by atoms with Crippen LogP contribution >= 0.6 is 22.2 Å². The van der Waals surface area contributed by atoms with Crippen LogP contribution in [0.15, 0.2) is 0 Å². The predicted octanol–water partition coefficient (Wildman–Crippen LogP) is 8.63. The summed E-state index contributed by atoms with van der Waals surface area (Å²) in [4.78, 5) is 0. The van der Waals surface area contributed by atoms with Crippen molar-refractivity contribution in [3.8, 4) is 0 Å². The van der Waals surface area contributed by atoms with E-state index in [0.717, 1.165) is 0 Å². The average Bonchev–Trinajstić information content (AvgIpc) is 2.37. The van der Waals surface area contributed by atoms with Crippen molar-refractivity contribution in [1.29, 1.82) is 0 Å². The highest BCUT2D eigenvalue weighted by atomic mass is 35.7. The first-order valence-electron chi connectivity index (χ1n) is 14.1. The molecule has 0 unspecified atom stereocenters. The Labute approximate surface area is 272 Å². The lowest BCUT2D eigenvalue weighted by atomic mass is 11.8. The van der Waals surface area contributed by atoms with Gasteiger partial charge in [-0.05, 0) is 131 Å². The van der Waals surface area contributed by atoms with Gasteiger partial charge in [0, 0.05) is 0 Å². The maximum atomic E-state index is 6.70. The predicted molar refractivity (Wildman–Crippen MR) is 196 cm³/mol. The lowest BCUT2D eigenvalue weighted by Crippen LogP contribution is -2.62. The summed E-state index contributed by atoms with van der Waals surface area (Å²) in [5.74, 6) is 0. The Kier molecular flexibility index (Phi) is 15.1. The van der Waals surface area contributed by atoms with E-state index in [9.17, 15) is 0 Å². The monoisotopic (exact) mass is 794 g/mol. The summed E-state index contributed by atoms with van der Waals surface area (Å²) in [6, 6.07) is 0. The van der Waals surface area contributed by atoms with E-state index in [2.05, 4.69) is 58.9 Å². The van der Waals surface area contributed by atoms with Crippen molar-refractivity contribution in [3.05, 3.63) is 0 Å². The number of hydrogen-bond donors (Lipinski definition) is 0. The minimum atomic E-state index is -2.78. The minimum absolute atomic E-state index is 1.72. The number of rotatable bonds is 18. The molecular weight excluding hydrogens is 736 g/mol. The third kappa shape index (κ3) is 21.7.